The van der Waals surface area contributed by atoms with Crippen LogP contribution < -0.4 is 14.9 Å². The van der Waals surface area contributed by atoms with E-state index < -0.39 is 12.0 Å². The lowest BCUT2D eigenvalue weighted by molar-refractivity contribution is -0.139. The highest BCUT2D eigenvalue weighted by atomic mass is 79.9. The van der Waals surface area contributed by atoms with E-state index in [9.17, 15) is 14.7 Å². The zero-order chi connectivity index (χ0) is 23.7. The second-order valence-corrected chi connectivity index (χ2v) is 10.0. The molecule has 0 saturated heterocycles. The van der Waals surface area contributed by atoms with Crippen molar-refractivity contribution in [1.82, 2.24) is 4.57 Å². The Morgan fingerprint density at radius 1 is 1.30 bits per heavy atom. The molecule has 0 bridgehead atoms. The molecule has 0 spiro atoms. The van der Waals surface area contributed by atoms with E-state index in [1.54, 1.807) is 54.5 Å². The number of thiazole rings is 1. The molecule has 0 saturated carbocycles. The number of aromatic hydroxyl groups is 1. The molecule has 0 unspecified atom stereocenters. The molecule has 3 aromatic rings. The first kappa shape index (κ1) is 23.5. The van der Waals surface area contributed by atoms with Gasteiger partial charge in [0, 0.05) is 4.90 Å². The maximum Gasteiger partial charge on any atom is 0.338 e. The van der Waals surface area contributed by atoms with E-state index in [0.29, 0.717) is 25.1 Å². The molecule has 9 heteroatoms. The molecule has 1 atom stereocenters. The van der Waals surface area contributed by atoms with Crippen molar-refractivity contribution >= 4 is 51.1 Å². The van der Waals surface area contributed by atoms with Crippen LogP contribution in [0.3, 0.4) is 0 Å². The summed E-state index contributed by atoms with van der Waals surface area (Å²) in [5.74, 6) is -0.355. The van der Waals surface area contributed by atoms with E-state index in [2.05, 4.69) is 20.9 Å². The summed E-state index contributed by atoms with van der Waals surface area (Å²) < 4.78 is 7.91. The highest BCUT2D eigenvalue weighted by Gasteiger charge is 2.33. The molecule has 170 valence electrons. The third kappa shape index (κ3) is 4.58. The minimum atomic E-state index is -0.634. The predicted molar refractivity (Wildman–Crippen MR) is 134 cm³/mol. The van der Waals surface area contributed by atoms with Gasteiger partial charge in [0.05, 0.1) is 32.9 Å². The van der Waals surface area contributed by atoms with Gasteiger partial charge in [-0.1, -0.05) is 29.5 Å². The number of phenols is 1. The Balaban J connectivity index is 1.94. The molecule has 0 radical (unpaired) electrons. The van der Waals surface area contributed by atoms with Crippen molar-refractivity contribution < 1.29 is 14.6 Å². The van der Waals surface area contributed by atoms with Crippen molar-refractivity contribution in [3.63, 3.8) is 0 Å². The van der Waals surface area contributed by atoms with Gasteiger partial charge in [-0.2, -0.15) is 0 Å². The van der Waals surface area contributed by atoms with Gasteiger partial charge in [0.15, 0.2) is 4.80 Å². The Labute approximate surface area is 207 Å². The highest BCUT2D eigenvalue weighted by Crippen LogP contribution is 2.31. The van der Waals surface area contributed by atoms with E-state index in [0.717, 1.165) is 16.0 Å². The van der Waals surface area contributed by atoms with E-state index in [1.165, 1.54) is 11.3 Å². The first-order valence-electron chi connectivity index (χ1n) is 10.2. The second kappa shape index (κ2) is 9.70. The fourth-order valence-corrected chi connectivity index (χ4v) is 5.51. The Morgan fingerprint density at radius 3 is 2.67 bits per heavy atom. The lowest BCUT2D eigenvalue weighted by atomic mass is 9.96. The number of halogens is 1. The number of thioether (sulfide) groups is 1. The maximum absolute atomic E-state index is 13.6. The fraction of sp³-hybridized carbons (Fsp3) is 0.208. The lowest BCUT2D eigenvalue weighted by Crippen LogP contribution is -2.39. The van der Waals surface area contributed by atoms with Crippen LogP contribution in [0.25, 0.3) is 6.08 Å². The van der Waals surface area contributed by atoms with Gasteiger partial charge in [-0.25, -0.2) is 9.79 Å². The summed E-state index contributed by atoms with van der Waals surface area (Å²) in [6.45, 7) is 3.75. The zero-order valence-electron chi connectivity index (χ0n) is 18.2. The number of fused-ring (bicyclic) bond motifs is 1. The van der Waals surface area contributed by atoms with Crippen molar-refractivity contribution in [1.29, 1.82) is 0 Å². The van der Waals surface area contributed by atoms with Crippen LogP contribution in [-0.2, 0) is 9.53 Å². The topological polar surface area (TPSA) is 80.9 Å². The van der Waals surface area contributed by atoms with E-state index in [4.69, 9.17) is 4.74 Å². The van der Waals surface area contributed by atoms with Crippen LogP contribution in [0.1, 0.15) is 31.0 Å². The number of nitrogens with zero attached hydrogens (tertiary/aromatic N) is 2. The third-order valence-corrected chi connectivity index (χ3v) is 7.58. The standard InChI is InChI=1S/C24H21BrN2O4S2/c1-4-31-23(30)20-13(2)26-24-27(21(20)15-6-8-16(32-3)9-7-15)22(29)19(33-24)12-14-5-10-18(28)17(25)11-14/h5-12,21,28H,4H2,1-3H3/b19-12-/t21-/m1/s1. The fourth-order valence-electron chi connectivity index (χ4n) is 3.66. The summed E-state index contributed by atoms with van der Waals surface area (Å²) >= 11 is 6.19. The number of aromatic nitrogens is 1. The Hall–Kier alpha value is -2.62. The molecule has 2 aromatic carbocycles. The second-order valence-electron chi connectivity index (χ2n) is 7.29. The zero-order valence-corrected chi connectivity index (χ0v) is 21.4. The minimum absolute atomic E-state index is 0.122. The number of phenolic OH excluding ortho intramolecular Hbond substituents is 1. The number of hydrogen-bond acceptors (Lipinski definition) is 7. The van der Waals surface area contributed by atoms with Crippen molar-refractivity contribution in [3.8, 4) is 5.75 Å². The first-order valence-corrected chi connectivity index (χ1v) is 13.0. The smallest absolute Gasteiger partial charge is 0.338 e. The monoisotopic (exact) mass is 544 g/mol. The molecule has 1 aromatic heterocycles. The summed E-state index contributed by atoms with van der Waals surface area (Å²) in [6, 6.07) is 12.2. The van der Waals surface area contributed by atoms with Crippen LogP contribution in [0.2, 0.25) is 0 Å². The van der Waals surface area contributed by atoms with Gasteiger partial charge in [0.25, 0.3) is 5.56 Å². The van der Waals surface area contributed by atoms with E-state index in [1.807, 2.05) is 30.5 Å². The summed E-state index contributed by atoms with van der Waals surface area (Å²) in [5, 5.41) is 9.76. The third-order valence-electron chi connectivity index (χ3n) is 5.22. The van der Waals surface area contributed by atoms with Gasteiger partial charge in [-0.15, -0.1) is 11.8 Å². The Bertz CT molecular complexity index is 1440. The van der Waals surface area contributed by atoms with Crippen LogP contribution in [0.5, 0.6) is 5.75 Å². The number of rotatable bonds is 5. The quantitative estimate of drug-likeness (QED) is 0.388. The molecule has 1 N–H and O–H groups in total. The molecule has 1 aliphatic heterocycles. The number of hydrogen-bond donors (Lipinski definition) is 1. The molecule has 0 amide bonds. The average Bonchev–Trinajstić information content (AvgIpc) is 3.10. The molecular weight excluding hydrogens is 524 g/mol. The number of carbonyl (C=O) groups is 1. The molecule has 1 aliphatic rings. The number of benzene rings is 2. The first-order chi connectivity index (χ1) is 15.8. The van der Waals surface area contributed by atoms with Gasteiger partial charge < -0.3 is 9.84 Å². The predicted octanol–water partition coefficient (Wildman–Crippen LogP) is 3.99. The number of allylic oxidation sites excluding steroid dienone is 1. The van der Waals surface area contributed by atoms with Crippen LogP contribution in [0.4, 0.5) is 0 Å². The summed E-state index contributed by atoms with van der Waals surface area (Å²) in [4.78, 5) is 32.7. The van der Waals surface area contributed by atoms with Crippen molar-refractivity contribution in [3.05, 3.63) is 89.0 Å². The summed E-state index contributed by atoms with van der Waals surface area (Å²) in [6.07, 6.45) is 3.75. The normalized spacial score (nSPS) is 15.9. The summed E-state index contributed by atoms with van der Waals surface area (Å²) in [7, 11) is 0. The SMILES string of the molecule is CCOC(=O)C1=C(C)N=c2s/c(=C\c3ccc(O)c(Br)c3)c(=O)n2[C@@H]1c1ccc(SC)cc1. The molecule has 2 heterocycles. The molecule has 0 fully saturated rings. The molecule has 6 nitrogen and oxygen atoms in total. The number of esters is 1. The average molecular weight is 545 g/mol. The van der Waals surface area contributed by atoms with Crippen LogP contribution in [0.15, 0.2) is 72.9 Å². The van der Waals surface area contributed by atoms with Gasteiger partial charge in [0.2, 0.25) is 0 Å². The summed E-state index contributed by atoms with van der Waals surface area (Å²) in [5.41, 5.74) is 2.22. The lowest BCUT2D eigenvalue weighted by Gasteiger charge is -2.24. The van der Waals surface area contributed by atoms with Crippen LogP contribution >= 0.6 is 39.0 Å². The molecule has 4 rings (SSSR count). The van der Waals surface area contributed by atoms with Gasteiger partial charge >= 0.3 is 5.97 Å². The van der Waals surface area contributed by atoms with E-state index >= 15 is 0 Å². The number of carbonyl (C=O) groups excluding carboxylic acids is 1. The van der Waals surface area contributed by atoms with Crippen molar-refractivity contribution in [2.75, 3.05) is 12.9 Å². The minimum Gasteiger partial charge on any atom is -0.507 e. The van der Waals surface area contributed by atoms with Crippen LogP contribution in [0, 0.1) is 0 Å². The maximum atomic E-state index is 13.6. The van der Waals surface area contributed by atoms with Crippen LogP contribution in [-0.4, -0.2) is 28.5 Å². The highest BCUT2D eigenvalue weighted by molar-refractivity contribution is 9.10. The molecule has 0 aliphatic carbocycles. The van der Waals surface area contributed by atoms with Crippen molar-refractivity contribution in [2.24, 2.45) is 4.99 Å². The number of ether oxygens (including phenoxy) is 1. The molecule has 33 heavy (non-hydrogen) atoms. The van der Waals surface area contributed by atoms with Gasteiger partial charge in [-0.3, -0.25) is 9.36 Å². The van der Waals surface area contributed by atoms with Crippen molar-refractivity contribution in [2.45, 2.75) is 24.8 Å². The van der Waals surface area contributed by atoms with Gasteiger partial charge in [-0.05, 0) is 77.5 Å². The molecular formula is C24H21BrN2O4S2. The Morgan fingerprint density at radius 2 is 2.03 bits per heavy atom. The van der Waals surface area contributed by atoms with Gasteiger partial charge in [0.1, 0.15) is 5.75 Å². The van der Waals surface area contributed by atoms with E-state index in [-0.39, 0.29) is 17.9 Å². The largest absolute Gasteiger partial charge is 0.507 e. The Kier molecular flexibility index (Phi) is 6.92.